The second kappa shape index (κ2) is 5.45. The van der Waals surface area contributed by atoms with Crippen LogP contribution in [0.1, 0.15) is 51.4 Å². The van der Waals surface area contributed by atoms with Crippen molar-refractivity contribution in [2.45, 2.75) is 58.5 Å². The molecule has 0 bridgehead atoms. The van der Waals surface area contributed by atoms with E-state index in [9.17, 15) is 5.11 Å². The van der Waals surface area contributed by atoms with Crippen LogP contribution in [0.4, 0.5) is 0 Å². The van der Waals surface area contributed by atoms with Crippen molar-refractivity contribution in [2.24, 2.45) is 18.9 Å². The standard InChI is InChI=1S/C15H25ClN2O/c1-5-12-14(16)13(18(4)17-12)9-15(19)7-6-10(2)11(3)8-15/h10-11,19H,5-9H2,1-4H3. The molecule has 2 rings (SSSR count). The van der Waals surface area contributed by atoms with Gasteiger partial charge in [-0.15, -0.1) is 0 Å². The lowest BCUT2D eigenvalue weighted by Gasteiger charge is -2.39. The van der Waals surface area contributed by atoms with Crippen molar-refractivity contribution in [1.29, 1.82) is 0 Å². The molecule has 19 heavy (non-hydrogen) atoms. The lowest BCUT2D eigenvalue weighted by molar-refractivity contribution is -0.0292. The van der Waals surface area contributed by atoms with Crippen LogP contribution >= 0.6 is 11.6 Å². The average molecular weight is 285 g/mol. The molecule has 1 heterocycles. The maximum Gasteiger partial charge on any atom is 0.0850 e. The van der Waals surface area contributed by atoms with Gasteiger partial charge in [-0.25, -0.2) is 0 Å². The van der Waals surface area contributed by atoms with Gasteiger partial charge in [0.15, 0.2) is 0 Å². The van der Waals surface area contributed by atoms with E-state index in [1.807, 2.05) is 11.7 Å². The summed E-state index contributed by atoms with van der Waals surface area (Å²) in [5, 5.41) is 16.0. The number of nitrogens with zero attached hydrogens (tertiary/aromatic N) is 2. The average Bonchev–Trinajstić information content (AvgIpc) is 2.62. The van der Waals surface area contributed by atoms with Gasteiger partial charge in [-0.1, -0.05) is 32.4 Å². The van der Waals surface area contributed by atoms with Crippen molar-refractivity contribution >= 4 is 11.6 Å². The first-order valence-electron chi connectivity index (χ1n) is 7.29. The summed E-state index contributed by atoms with van der Waals surface area (Å²) < 4.78 is 1.84. The summed E-state index contributed by atoms with van der Waals surface area (Å²) in [7, 11) is 1.92. The first kappa shape index (κ1) is 14.9. The summed E-state index contributed by atoms with van der Waals surface area (Å²) in [6, 6.07) is 0. The predicted octanol–water partition coefficient (Wildman–Crippen LogP) is 3.37. The molecule has 1 aromatic heterocycles. The van der Waals surface area contributed by atoms with Crippen molar-refractivity contribution in [3.63, 3.8) is 0 Å². The molecule has 1 fully saturated rings. The van der Waals surface area contributed by atoms with E-state index in [1.54, 1.807) is 0 Å². The van der Waals surface area contributed by atoms with Crippen molar-refractivity contribution < 1.29 is 5.11 Å². The molecule has 1 aromatic rings. The fourth-order valence-corrected chi connectivity index (χ4v) is 3.53. The number of halogens is 1. The summed E-state index contributed by atoms with van der Waals surface area (Å²) >= 11 is 6.38. The SMILES string of the molecule is CCc1nn(C)c(CC2(O)CCC(C)C(C)C2)c1Cl. The third-order valence-corrected chi connectivity index (χ3v) is 5.17. The summed E-state index contributed by atoms with van der Waals surface area (Å²) in [6.45, 7) is 6.56. The van der Waals surface area contributed by atoms with E-state index in [2.05, 4.69) is 25.9 Å². The minimum absolute atomic E-state index is 0.566. The van der Waals surface area contributed by atoms with Crippen LogP contribution in [0, 0.1) is 11.8 Å². The van der Waals surface area contributed by atoms with Crippen LogP contribution < -0.4 is 0 Å². The van der Waals surface area contributed by atoms with Crippen molar-refractivity contribution in [3.8, 4) is 0 Å². The molecule has 3 nitrogen and oxygen atoms in total. The van der Waals surface area contributed by atoms with Crippen LogP contribution in [0.25, 0.3) is 0 Å². The van der Waals surface area contributed by atoms with E-state index in [0.29, 0.717) is 18.3 Å². The van der Waals surface area contributed by atoms with E-state index in [4.69, 9.17) is 11.6 Å². The third-order valence-electron chi connectivity index (χ3n) is 4.74. The Morgan fingerprint density at radius 2 is 2.11 bits per heavy atom. The lowest BCUT2D eigenvalue weighted by atomic mass is 9.71. The molecular weight excluding hydrogens is 260 g/mol. The summed E-state index contributed by atoms with van der Waals surface area (Å²) in [5.74, 6) is 1.27. The molecule has 0 spiro atoms. The quantitative estimate of drug-likeness (QED) is 0.924. The number of hydrogen-bond acceptors (Lipinski definition) is 2. The van der Waals surface area contributed by atoms with Crippen molar-refractivity contribution in [1.82, 2.24) is 9.78 Å². The van der Waals surface area contributed by atoms with Gasteiger partial charge >= 0.3 is 0 Å². The van der Waals surface area contributed by atoms with Gasteiger partial charge in [0.25, 0.3) is 0 Å². The van der Waals surface area contributed by atoms with E-state index >= 15 is 0 Å². The molecule has 1 saturated carbocycles. The molecular formula is C15H25ClN2O. The Morgan fingerprint density at radius 1 is 1.42 bits per heavy atom. The first-order chi connectivity index (χ1) is 8.86. The van der Waals surface area contributed by atoms with Gasteiger partial charge in [-0.05, 0) is 37.5 Å². The van der Waals surface area contributed by atoms with Crippen LogP contribution in [0.2, 0.25) is 5.02 Å². The Kier molecular flexibility index (Phi) is 4.26. The molecule has 0 saturated heterocycles. The van der Waals surface area contributed by atoms with Crippen LogP contribution in [0.5, 0.6) is 0 Å². The molecule has 3 unspecified atom stereocenters. The fraction of sp³-hybridized carbons (Fsp3) is 0.800. The zero-order valence-electron chi connectivity index (χ0n) is 12.4. The van der Waals surface area contributed by atoms with Crippen LogP contribution in [0.15, 0.2) is 0 Å². The predicted molar refractivity (Wildman–Crippen MR) is 78.4 cm³/mol. The third kappa shape index (κ3) is 2.97. The minimum atomic E-state index is -0.617. The largest absolute Gasteiger partial charge is 0.389 e. The monoisotopic (exact) mass is 284 g/mol. The highest BCUT2D eigenvalue weighted by Gasteiger charge is 2.37. The maximum absolute atomic E-state index is 10.8. The van der Waals surface area contributed by atoms with Gasteiger partial charge in [-0.2, -0.15) is 5.10 Å². The van der Waals surface area contributed by atoms with E-state index in [0.717, 1.165) is 42.1 Å². The molecule has 1 aliphatic carbocycles. The van der Waals surface area contributed by atoms with E-state index in [-0.39, 0.29) is 0 Å². The lowest BCUT2D eigenvalue weighted by Crippen LogP contribution is -2.40. The van der Waals surface area contributed by atoms with Crippen LogP contribution in [0.3, 0.4) is 0 Å². The first-order valence-corrected chi connectivity index (χ1v) is 7.66. The smallest absolute Gasteiger partial charge is 0.0850 e. The molecule has 0 aromatic carbocycles. The maximum atomic E-state index is 10.8. The van der Waals surface area contributed by atoms with Crippen LogP contribution in [-0.4, -0.2) is 20.5 Å². The molecule has 0 aliphatic heterocycles. The minimum Gasteiger partial charge on any atom is -0.389 e. The highest BCUT2D eigenvalue weighted by Crippen LogP contribution is 2.39. The highest BCUT2D eigenvalue weighted by molar-refractivity contribution is 6.31. The van der Waals surface area contributed by atoms with Gasteiger partial charge in [0.05, 0.1) is 22.0 Å². The normalized spacial score (nSPS) is 31.7. The Labute approximate surface area is 121 Å². The van der Waals surface area contributed by atoms with E-state index in [1.165, 1.54) is 0 Å². The summed E-state index contributed by atoms with van der Waals surface area (Å²) in [4.78, 5) is 0. The van der Waals surface area contributed by atoms with Crippen LogP contribution in [-0.2, 0) is 19.9 Å². The summed E-state index contributed by atoms with van der Waals surface area (Å²) in [5.41, 5.74) is 1.29. The van der Waals surface area contributed by atoms with Gasteiger partial charge in [-0.3, -0.25) is 4.68 Å². The van der Waals surface area contributed by atoms with Gasteiger partial charge in [0, 0.05) is 13.5 Å². The fourth-order valence-electron chi connectivity index (χ4n) is 3.17. The van der Waals surface area contributed by atoms with Gasteiger partial charge < -0.3 is 5.11 Å². The zero-order valence-corrected chi connectivity index (χ0v) is 13.2. The number of aryl methyl sites for hydroxylation is 2. The Balaban J connectivity index is 2.19. The molecule has 108 valence electrons. The number of aromatic nitrogens is 2. The zero-order chi connectivity index (χ0) is 14.2. The Hall–Kier alpha value is -0.540. The molecule has 1 aliphatic rings. The van der Waals surface area contributed by atoms with E-state index < -0.39 is 5.60 Å². The van der Waals surface area contributed by atoms with Gasteiger partial charge in [0.1, 0.15) is 0 Å². The number of hydrogen-bond donors (Lipinski definition) is 1. The second-order valence-electron chi connectivity index (χ2n) is 6.28. The topological polar surface area (TPSA) is 38.0 Å². The Bertz CT molecular complexity index is 457. The molecule has 0 radical (unpaired) electrons. The highest BCUT2D eigenvalue weighted by atomic mass is 35.5. The van der Waals surface area contributed by atoms with Crippen molar-refractivity contribution in [3.05, 3.63) is 16.4 Å². The molecule has 3 atom stereocenters. The number of rotatable bonds is 3. The molecule has 1 N–H and O–H groups in total. The molecule has 4 heteroatoms. The number of aliphatic hydroxyl groups is 1. The van der Waals surface area contributed by atoms with Crippen molar-refractivity contribution in [2.75, 3.05) is 0 Å². The Morgan fingerprint density at radius 3 is 2.63 bits per heavy atom. The van der Waals surface area contributed by atoms with Gasteiger partial charge in [0.2, 0.25) is 0 Å². The molecule has 0 amide bonds. The second-order valence-corrected chi connectivity index (χ2v) is 6.66. The summed E-state index contributed by atoms with van der Waals surface area (Å²) in [6.07, 6.45) is 4.26.